The minimum Gasteiger partial charge on any atom is -0.360 e. The van der Waals surface area contributed by atoms with E-state index < -0.39 is 0 Å². The lowest BCUT2D eigenvalue weighted by Gasteiger charge is -2.29. The van der Waals surface area contributed by atoms with E-state index >= 15 is 0 Å². The largest absolute Gasteiger partial charge is 0.360 e. The summed E-state index contributed by atoms with van der Waals surface area (Å²) in [4.78, 5) is 2.34. The van der Waals surface area contributed by atoms with E-state index in [0.29, 0.717) is 6.04 Å². The first-order chi connectivity index (χ1) is 8.77. The summed E-state index contributed by atoms with van der Waals surface area (Å²) in [6.45, 7) is 6.63. The Balaban J connectivity index is 2.38. The monoisotopic (exact) mass is 270 g/mol. The van der Waals surface area contributed by atoms with Crippen molar-refractivity contribution < 1.29 is 0 Å². The van der Waals surface area contributed by atoms with Crippen molar-refractivity contribution in [1.29, 1.82) is 0 Å². The van der Waals surface area contributed by atoms with Gasteiger partial charge in [0.15, 0.2) is 5.11 Å². The molecule has 1 saturated carbocycles. The van der Waals surface area contributed by atoms with Gasteiger partial charge in [0.1, 0.15) is 0 Å². The van der Waals surface area contributed by atoms with Crippen molar-refractivity contribution in [3.05, 3.63) is 0 Å². The van der Waals surface area contributed by atoms with E-state index in [9.17, 15) is 0 Å². The highest BCUT2D eigenvalue weighted by atomic mass is 32.1. The van der Waals surface area contributed by atoms with Gasteiger partial charge in [-0.3, -0.25) is 0 Å². The average Bonchev–Trinajstić information content (AvgIpc) is 2.32. The number of hydrogen-bond donors (Lipinski definition) is 1. The van der Waals surface area contributed by atoms with E-state index in [0.717, 1.165) is 18.2 Å². The van der Waals surface area contributed by atoms with Crippen molar-refractivity contribution in [2.75, 3.05) is 13.1 Å². The normalized spacial score (nSPS) is 17.9. The predicted molar refractivity (Wildman–Crippen MR) is 84.0 cm³/mol. The van der Waals surface area contributed by atoms with Gasteiger partial charge in [-0.2, -0.15) is 0 Å². The van der Waals surface area contributed by atoms with Gasteiger partial charge in [0.25, 0.3) is 0 Å². The average molecular weight is 270 g/mol. The van der Waals surface area contributed by atoms with E-state index in [-0.39, 0.29) is 0 Å². The molecule has 0 bridgehead atoms. The molecule has 106 valence electrons. The van der Waals surface area contributed by atoms with E-state index in [2.05, 4.69) is 24.1 Å². The van der Waals surface area contributed by atoms with Crippen LogP contribution in [0.4, 0.5) is 0 Å². The quantitative estimate of drug-likeness (QED) is 0.757. The first kappa shape index (κ1) is 15.7. The fourth-order valence-corrected chi connectivity index (χ4v) is 3.07. The molecule has 0 radical (unpaired) electrons. The molecule has 0 spiro atoms. The van der Waals surface area contributed by atoms with E-state index in [1.807, 2.05) is 0 Å². The first-order valence-corrected chi connectivity index (χ1v) is 8.24. The molecular weight excluding hydrogens is 240 g/mol. The molecule has 18 heavy (non-hydrogen) atoms. The summed E-state index contributed by atoms with van der Waals surface area (Å²) in [5.41, 5.74) is 0. The van der Waals surface area contributed by atoms with Crippen molar-refractivity contribution in [3.8, 4) is 0 Å². The second kappa shape index (κ2) is 9.60. The molecule has 0 heterocycles. The van der Waals surface area contributed by atoms with Crippen LogP contribution in [0, 0.1) is 0 Å². The number of nitrogens with zero attached hydrogens (tertiary/aromatic N) is 1. The summed E-state index contributed by atoms with van der Waals surface area (Å²) in [7, 11) is 0. The van der Waals surface area contributed by atoms with Gasteiger partial charge in [0.2, 0.25) is 0 Å². The highest BCUT2D eigenvalue weighted by Crippen LogP contribution is 2.17. The molecule has 1 rings (SSSR count). The van der Waals surface area contributed by atoms with Crippen LogP contribution >= 0.6 is 12.2 Å². The van der Waals surface area contributed by atoms with Crippen LogP contribution in [0.25, 0.3) is 0 Å². The number of nitrogens with one attached hydrogen (secondary N) is 1. The summed E-state index contributed by atoms with van der Waals surface area (Å²) in [5, 5.41) is 4.60. The van der Waals surface area contributed by atoms with E-state index in [1.54, 1.807) is 0 Å². The van der Waals surface area contributed by atoms with E-state index in [1.165, 1.54) is 57.8 Å². The Labute approximate surface area is 119 Å². The maximum atomic E-state index is 5.58. The van der Waals surface area contributed by atoms with Crippen LogP contribution in [0.15, 0.2) is 0 Å². The second-order valence-electron chi connectivity index (χ2n) is 5.48. The standard InChI is InChI=1S/C15H30N2S/c1-3-12-17(13-4-2)15(18)16-14-10-8-6-5-7-9-11-14/h14H,3-13H2,1-2H3,(H,16,18). The van der Waals surface area contributed by atoms with Crippen LogP contribution in [-0.2, 0) is 0 Å². The van der Waals surface area contributed by atoms with Gasteiger partial charge >= 0.3 is 0 Å². The maximum Gasteiger partial charge on any atom is 0.169 e. The molecule has 2 nitrogen and oxygen atoms in total. The Morgan fingerprint density at radius 2 is 1.50 bits per heavy atom. The van der Waals surface area contributed by atoms with Crippen LogP contribution in [0.2, 0.25) is 0 Å². The smallest absolute Gasteiger partial charge is 0.169 e. The molecule has 1 aliphatic carbocycles. The molecule has 0 aromatic heterocycles. The van der Waals surface area contributed by atoms with Crippen molar-refractivity contribution >= 4 is 17.3 Å². The number of thiocarbonyl (C=S) groups is 1. The Morgan fingerprint density at radius 3 is 2.00 bits per heavy atom. The van der Waals surface area contributed by atoms with Crippen molar-refractivity contribution in [1.82, 2.24) is 10.2 Å². The van der Waals surface area contributed by atoms with Gasteiger partial charge in [-0.25, -0.2) is 0 Å². The lowest BCUT2D eigenvalue weighted by molar-refractivity contribution is 0.378. The van der Waals surface area contributed by atoms with Gasteiger partial charge < -0.3 is 10.2 Å². The summed E-state index contributed by atoms with van der Waals surface area (Å²) < 4.78 is 0. The summed E-state index contributed by atoms with van der Waals surface area (Å²) >= 11 is 5.58. The Morgan fingerprint density at radius 1 is 1.00 bits per heavy atom. The molecule has 3 heteroatoms. The minimum atomic E-state index is 0.619. The van der Waals surface area contributed by atoms with Crippen LogP contribution in [0.5, 0.6) is 0 Å². The fraction of sp³-hybridized carbons (Fsp3) is 0.933. The molecule has 1 fully saturated rings. The van der Waals surface area contributed by atoms with Gasteiger partial charge in [-0.15, -0.1) is 0 Å². The van der Waals surface area contributed by atoms with Crippen molar-refractivity contribution in [2.45, 2.75) is 77.7 Å². The van der Waals surface area contributed by atoms with Crippen molar-refractivity contribution in [3.63, 3.8) is 0 Å². The topological polar surface area (TPSA) is 15.3 Å². The molecule has 0 aromatic rings. The van der Waals surface area contributed by atoms with Crippen LogP contribution < -0.4 is 5.32 Å². The lowest BCUT2D eigenvalue weighted by atomic mass is 9.97. The Hall–Kier alpha value is -0.310. The number of hydrogen-bond acceptors (Lipinski definition) is 1. The molecular formula is C15H30N2S. The van der Waals surface area contributed by atoms with Crippen LogP contribution in [0.3, 0.4) is 0 Å². The van der Waals surface area contributed by atoms with Crippen molar-refractivity contribution in [2.24, 2.45) is 0 Å². The first-order valence-electron chi connectivity index (χ1n) is 7.83. The summed E-state index contributed by atoms with van der Waals surface area (Å²) in [5.74, 6) is 0. The fourth-order valence-electron chi connectivity index (χ4n) is 2.72. The maximum absolute atomic E-state index is 5.58. The lowest BCUT2D eigenvalue weighted by Crippen LogP contribution is -2.45. The molecule has 0 amide bonds. The SMILES string of the molecule is CCCN(CCC)C(=S)NC1CCCCCCC1. The van der Waals surface area contributed by atoms with E-state index in [4.69, 9.17) is 12.2 Å². The third kappa shape index (κ3) is 6.03. The zero-order chi connectivity index (χ0) is 13.2. The summed E-state index contributed by atoms with van der Waals surface area (Å²) in [6.07, 6.45) is 11.9. The Kier molecular flexibility index (Phi) is 8.40. The van der Waals surface area contributed by atoms with Crippen LogP contribution in [-0.4, -0.2) is 29.1 Å². The second-order valence-corrected chi connectivity index (χ2v) is 5.87. The molecule has 0 aromatic carbocycles. The highest BCUT2D eigenvalue weighted by molar-refractivity contribution is 7.80. The molecule has 1 aliphatic rings. The molecule has 0 saturated heterocycles. The number of rotatable bonds is 5. The molecule has 0 atom stereocenters. The van der Waals surface area contributed by atoms with Gasteiger partial charge in [-0.1, -0.05) is 46.0 Å². The summed E-state index contributed by atoms with van der Waals surface area (Å²) in [6, 6.07) is 0.619. The van der Waals surface area contributed by atoms with Gasteiger partial charge in [0, 0.05) is 19.1 Å². The van der Waals surface area contributed by atoms with Crippen LogP contribution in [0.1, 0.15) is 71.6 Å². The minimum absolute atomic E-state index is 0.619. The van der Waals surface area contributed by atoms with Gasteiger partial charge in [-0.05, 0) is 37.9 Å². The molecule has 1 N–H and O–H groups in total. The zero-order valence-electron chi connectivity index (χ0n) is 12.2. The molecule has 0 unspecified atom stereocenters. The third-order valence-corrected chi connectivity index (χ3v) is 4.08. The molecule has 0 aliphatic heterocycles. The predicted octanol–water partition coefficient (Wildman–Crippen LogP) is 4.10. The Bertz CT molecular complexity index is 217. The highest BCUT2D eigenvalue weighted by Gasteiger charge is 2.15. The third-order valence-electron chi connectivity index (χ3n) is 3.71. The zero-order valence-corrected chi connectivity index (χ0v) is 13.0. The van der Waals surface area contributed by atoms with Gasteiger partial charge in [0.05, 0.1) is 0 Å².